The van der Waals surface area contributed by atoms with Crippen LogP contribution in [0.5, 0.6) is 0 Å². The van der Waals surface area contributed by atoms with Gasteiger partial charge in [0.05, 0.1) is 5.97 Å². The average molecular weight is 137 g/mol. The molecule has 4 heteroatoms. The van der Waals surface area contributed by atoms with Gasteiger partial charge in [-0.2, -0.15) is 0 Å². The number of aliphatic carboxylic acids is 1. The van der Waals surface area contributed by atoms with E-state index >= 15 is 0 Å². The van der Waals surface area contributed by atoms with Crippen LogP contribution in [-0.2, 0) is 4.79 Å². The van der Waals surface area contributed by atoms with Gasteiger partial charge in [0.25, 0.3) is 0 Å². The number of carboxylic acids is 1. The van der Waals surface area contributed by atoms with Crippen molar-refractivity contribution in [1.82, 2.24) is 0 Å². The minimum Gasteiger partial charge on any atom is -0.548 e. The van der Waals surface area contributed by atoms with Crippen molar-refractivity contribution in [3.63, 3.8) is 0 Å². The normalized spacial score (nSPS) is 12.4. The van der Waals surface area contributed by atoms with Gasteiger partial charge in [0.15, 0.2) is 0 Å². The van der Waals surface area contributed by atoms with E-state index in [9.17, 15) is 9.90 Å². The van der Waals surface area contributed by atoms with E-state index in [1.54, 1.807) is 0 Å². The fraction of sp³-hybridized carbons (Fsp3) is 0.833. The van der Waals surface area contributed by atoms with E-state index in [-0.39, 0.29) is 18.9 Å². The zero-order valence-electron chi connectivity index (χ0n) is 6.76. The first-order valence-corrected chi connectivity index (χ1v) is 3.00. The molecule has 0 aromatic carbocycles. The first-order valence-electron chi connectivity index (χ1n) is 3.00. The van der Waals surface area contributed by atoms with Crippen LogP contribution in [0.4, 0.5) is 0 Å². The zero-order chi connectivity index (χ0) is 7.44. The van der Waals surface area contributed by atoms with Gasteiger partial charge in [0, 0.05) is 6.04 Å². The SMILES string of the molecule is CC(C)C[C@H](N)C(=O)[O-].[Li+]. The van der Waals surface area contributed by atoms with Gasteiger partial charge < -0.3 is 15.6 Å². The summed E-state index contributed by atoms with van der Waals surface area (Å²) in [4.78, 5) is 10.00. The summed E-state index contributed by atoms with van der Waals surface area (Å²) in [7, 11) is 0. The molecule has 0 aromatic heterocycles. The van der Waals surface area contributed by atoms with E-state index in [4.69, 9.17) is 5.73 Å². The van der Waals surface area contributed by atoms with Gasteiger partial charge in [0.1, 0.15) is 0 Å². The van der Waals surface area contributed by atoms with Crippen LogP contribution in [0.2, 0.25) is 0 Å². The van der Waals surface area contributed by atoms with Crippen molar-refractivity contribution in [1.29, 1.82) is 0 Å². The van der Waals surface area contributed by atoms with Crippen molar-refractivity contribution in [2.24, 2.45) is 11.7 Å². The monoisotopic (exact) mass is 137 g/mol. The number of hydrogen-bond donors (Lipinski definition) is 1. The molecule has 0 radical (unpaired) electrons. The number of carbonyl (C=O) groups excluding carboxylic acids is 1. The minimum atomic E-state index is -1.16. The Morgan fingerprint density at radius 1 is 1.60 bits per heavy atom. The topological polar surface area (TPSA) is 66.2 Å². The molecular weight excluding hydrogens is 125 g/mol. The number of carboxylic acid groups (broad SMARTS) is 1. The van der Waals surface area contributed by atoms with Crippen LogP contribution in [0.25, 0.3) is 0 Å². The van der Waals surface area contributed by atoms with E-state index in [1.807, 2.05) is 13.8 Å². The van der Waals surface area contributed by atoms with Crippen LogP contribution in [-0.4, -0.2) is 12.0 Å². The Balaban J connectivity index is 0. The number of hydrogen-bond acceptors (Lipinski definition) is 3. The van der Waals surface area contributed by atoms with Gasteiger partial charge in [-0.3, -0.25) is 0 Å². The van der Waals surface area contributed by atoms with E-state index in [2.05, 4.69) is 0 Å². The van der Waals surface area contributed by atoms with E-state index in [0.29, 0.717) is 12.3 Å². The molecule has 54 valence electrons. The smallest absolute Gasteiger partial charge is 0.548 e. The van der Waals surface area contributed by atoms with Gasteiger partial charge in [-0.25, -0.2) is 0 Å². The Kier molecular flexibility index (Phi) is 7.34. The second kappa shape index (κ2) is 5.79. The third-order valence-electron chi connectivity index (χ3n) is 1.03. The molecule has 0 rings (SSSR count). The second-order valence-corrected chi connectivity index (χ2v) is 2.56. The Bertz CT molecular complexity index is 106. The summed E-state index contributed by atoms with van der Waals surface area (Å²) in [5, 5.41) is 10.00. The molecule has 10 heavy (non-hydrogen) atoms. The standard InChI is InChI=1S/C6H13NO2.Li/c1-4(2)3-5(7)6(8)9;/h4-5H,3,7H2,1-2H3,(H,8,9);/q;+1/p-1/t5-;/m0./s1. The predicted molar refractivity (Wildman–Crippen MR) is 32.4 cm³/mol. The molecule has 2 N–H and O–H groups in total. The van der Waals surface area contributed by atoms with E-state index in [0.717, 1.165) is 0 Å². The summed E-state index contributed by atoms with van der Waals surface area (Å²) in [6, 6.07) is -0.801. The summed E-state index contributed by atoms with van der Waals surface area (Å²) in [6.45, 7) is 3.84. The molecule has 0 saturated heterocycles. The fourth-order valence-electron chi connectivity index (χ4n) is 0.604. The maximum absolute atomic E-state index is 10.00. The summed E-state index contributed by atoms with van der Waals surface area (Å²) in [5.74, 6) is -0.846. The average Bonchev–Trinajstić information content (AvgIpc) is 1.63. The van der Waals surface area contributed by atoms with E-state index in [1.165, 1.54) is 0 Å². The molecule has 0 aliphatic rings. The summed E-state index contributed by atoms with van der Waals surface area (Å²) < 4.78 is 0. The van der Waals surface area contributed by atoms with E-state index < -0.39 is 12.0 Å². The molecule has 0 saturated carbocycles. The van der Waals surface area contributed by atoms with Crippen LogP contribution in [0.1, 0.15) is 20.3 Å². The van der Waals surface area contributed by atoms with Gasteiger partial charge >= 0.3 is 18.9 Å². The van der Waals surface area contributed by atoms with Crippen LogP contribution < -0.4 is 29.7 Å². The Labute approximate surface area is 73.2 Å². The third kappa shape index (κ3) is 6.15. The molecule has 0 spiro atoms. The molecule has 0 aliphatic carbocycles. The summed E-state index contributed by atoms with van der Waals surface area (Å²) >= 11 is 0. The molecule has 0 heterocycles. The summed E-state index contributed by atoms with van der Waals surface area (Å²) in [6.07, 6.45) is 0.488. The van der Waals surface area contributed by atoms with Gasteiger partial charge in [-0.05, 0) is 12.3 Å². The molecule has 0 bridgehead atoms. The van der Waals surface area contributed by atoms with Gasteiger partial charge in [-0.1, -0.05) is 13.8 Å². The third-order valence-corrected chi connectivity index (χ3v) is 1.03. The summed E-state index contributed by atoms with van der Waals surface area (Å²) in [5.41, 5.74) is 5.16. The van der Waals surface area contributed by atoms with Crippen molar-refractivity contribution in [2.45, 2.75) is 26.3 Å². The molecule has 0 aliphatic heterocycles. The van der Waals surface area contributed by atoms with Crippen molar-refractivity contribution < 1.29 is 28.8 Å². The molecule has 1 atom stereocenters. The maximum Gasteiger partial charge on any atom is 1.00 e. The molecule has 0 fully saturated rings. The molecule has 0 unspecified atom stereocenters. The maximum atomic E-state index is 10.00. The number of carbonyl (C=O) groups is 1. The van der Waals surface area contributed by atoms with Crippen molar-refractivity contribution >= 4 is 5.97 Å². The fourth-order valence-corrected chi connectivity index (χ4v) is 0.604. The molecular formula is C6H12LiNO2. The molecule has 0 aromatic rings. The first-order chi connectivity index (χ1) is 4.04. The number of nitrogens with two attached hydrogens (primary N) is 1. The van der Waals surface area contributed by atoms with Gasteiger partial charge in [-0.15, -0.1) is 0 Å². The van der Waals surface area contributed by atoms with Gasteiger partial charge in [0.2, 0.25) is 0 Å². The van der Waals surface area contributed by atoms with Crippen molar-refractivity contribution in [3.8, 4) is 0 Å². The molecule has 0 amide bonds. The Morgan fingerprint density at radius 2 is 2.00 bits per heavy atom. The minimum absolute atomic E-state index is 0. The predicted octanol–water partition coefficient (Wildman–Crippen LogP) is -3.89. The van der Waals surface area contributed by atoms with Crippen LogP contribution in [0.15, 0.2) is 0 Å². The van der Waals surface area contributed by atoms with Crippen LogP contribution in [0, 0.1) is 5.92 Å². The quantitative estimate of drug-likeness (QED) is 0.404. The number of rotatable bonds is 3. The first kappa shape index (κ1) is 12.7. The van der Waals surface area contributed by atoms with Crippen molar-refractivity contribution in [3.05, 3.63) is 0 Å². The molecule has 3 nitrogen and oxygen atoms in total. The Hall–Kier alpha value is 0.0274. The largest absolute Gasteiger partial charge is 1.00 e. The Morgan fingerprint density at radius 3 is 2.10 bits per heavy atom. The second-order valence-electron chi connectivity index (χ2n) is 2.56. The van der Waals surface area contributed by atoms with Crippen molar-refractivity contribution in [2.75, 3.05) is 0 Å². The zero-order valence-corrected chi connectivity index (χ0v) is 6.76. The van der Waals surface area contributed by atoms with Crippen LogP contribution >= 0.6 is 0 Å². The van der Waals surface area contributed by atoms with Crippen LogP contribution in [0.3, 0.4) is 0 Å².